The Morgan fingerprint density at radius 2 is 1.74 bits per heavy atom. The molecule has 1 aliphatic rings. The van der Waals surface area contributed by atoms with Gasteiger partial charge in [-0.05, 0) is 42.0 Å². The lowest BCUT2D eigenvalue weighted by Gasteiger charge is -2.33. The molecule has 2 heteroatoms. The summed E-state index contributed by atoms with van der Waals surface area (Å²) >= 11 is 0. The van der Waals surface area contributed by atoms with E-state index < -0.39 is 0 Å². The van der Waals surface area contributed by atoms with E-state index in [9.17, 15) is 0 Å². The van der Waals surface area contributed by atoms with Crippen molar-refractivity contribution < 1.29 is 0 Å². The van der Waals surface area contributed by atoms with Crippen LogP contribution in [0.2, 0.25) is 0 Å². The first-order valence-electron chi connectivity index (χ1n) is 8.58. The van der Waals surface area contributed by atoms with Crippen LogP contribution in [0.3, 0.4) is 0 Å². The van der Waals surface area contributed by atoms with Gasteiger partial charge in [-0.2, -0.15) is 0 Å². The molecule has 1 N–H and O–H groups in total. The Labute approximate surface area is 140 Å². The first-order chi connectivity index (χ1) is 11.0. The fraction of sp³-hybridized carbons (Fsp3) is 0.429. The molecular weight excluding hydrogens is 280 g/mol. The van der Waals surface area contributed by atoms with E-state index in [0.717, 1.165) is 13.0 Å². The van der Waals surface area contributed by atoms with Crippen LogP contribution >= 0.6 is 0 Å². The van der Waals surface area contributed by atoms with Crippen LogP contribution in [-0.4, -0.2) is 19.6 Å². The normalized spacial score (nSPS) is 20.1. The number of fused-ring (bicyclic) bond motifs is 1. The maximum absolute atomic E-state index is 3.84. The van der Waals surface area contributed by atoms with Gasteiger partial charge in [0.1, 0.15) is 0 Å². The number of nitrogens with zero attached hydrogens (tertiary/aromatic N) is 1. The van der Waals surface area contributed by atoms with E-state index in [1.807, 2.05) is 0 Å². The molecule has 0 heterocycles. The zero-order valence-corrected chi connectivity index (χ0v) is 14.7. The maximum atomic E-state index is 3.84. The van der Waals surface area contributed by atoms with Gasteiger partial charge >= 0.3 is 0 Å². The highest BCUT2D eigenvalue weighted by atomic mass is 15.2. The lowest BCUT2D eigenvalue weighted by Crippen LogP contribution is -2.41. The fourth-order valence-corrected chi connectivity index (χ4v) is 3.72. The van der Waals surface area contributed by atoms with Crippen molar-refractivity contribution in [1.82, 2.24) is 5.32 Å². The molecule has 2 atom stereocenters. The standard InChI is InChI=1S/C21H28N2/c1-16(23(4)18-11-6-5-7-12-18)15-22-20-19-13-9-8-10-17(19)14-21(20,2)3/h5-13,16,20,22H,14-15H2,1-4H3. The van der Waals surface area contributed by atoms with Crippen LogP contribution in [-0.2, 0) is 6.42 Å². The number of likely N-dealkylation sites (N-methyl/N-ethyl adjacent to an activating group) is 1. The maximum Gasteiger partial charge on any atom is 0.0383 e. The average Bonchev–Trinajstić information content (AvgIpc) is 2.82. The summed E-state index contributed by atoms with van der Waals surface area (Å²) in [5, 5.41) is 3.84. The molecule has 0 aliphatic heterocycles. The van der Waals surface area contributed by atoms with Crippen LogP contribution < -0.4 is 10.2 Å². The van der Waals surface area contributed by atoms with E-state index in [1.54, 1.807) is 0 Å². The molecule has 2 aromatic rings. The van der Waals surface area contributed by atoms with Gasteiger partial charge in [0.2, 0.25) is 0 Å². The molecule has 0 spiro atoms. The number of nitrogens with one attached hydrogen (secondary N) is 1. The molecule has 2 aromatic carbocycles. The van der Waals surface area contributed by atoms with E-state index in [0.29, 0.717) is 12.1 Å². The minimum Gasteiger partial charge on any atom is -0.371 e. The quantitative estimate of drug-likeness (QED) is 0.879. The Kier molecular flexibility index (Phi) is 4.45. The van der Waals surface area contributed by atoms with Gasteiger partial charge in [-0.1, -0.05) is 56.3 Å². The third-order valence-electron chi connectivity index (χ3n) is 5.24. The molecule has 3 rings (SSSR count). The van der Waals surface area contributed by atoms with Gasteiger partial charge in [0, 0.05) is 31.4 Å². The number of hydrogen-bond donors (Lipinski definition) is 1. The Hall–Kier alpha value is -1.80. The molecule has 122 valence electrons. The van der Waals surface area contributed by atoms with Crippen LogP contribution in [0.4, 0.5) is 5.69 Å². The molecule has 0 amide bonds. The van der Waals surface area contributed by atoms with Crippen LogP contribution in [0.1, 0.15) is 37.9 Å². The van der Waals surface area contributed by atoms with Crippen molar-refractivity contribution in [3.05, 3.63) is 65.7 Å². The Morgan fingerprint density at radius 1 is 1.09 bits per heavy atom. The Balaban J connectivity index is 1.68. The van der Waals surface area contributed by atoms with Crippen LogP contribution in [0, 0.1) is 5.41 Å². The highest BCUT2D eigenvalue weighted by Crippen LogP contribution is 2.44. The number of hydrogen-bond acceptors (Lipinski definition) is 2. The lowest BCUT2D eigenvalue weighted by atomic mass is 9.85. The third-order valence-corrected chi connectivity index (χ3v) is 5.24. The van der Waals surface area contributed by atoms with E-state index in [4.69, 9.17) is 0 Å². The molecule has 1 aliphatic carbocycles. The topological polar surface area (TPSA) is 15.3 Å². The zero-order valence-electron chi connectivity index (χ0n) is 14.7. The number of rotatable bonds is 5. The number of anilines is 1. The molecule has 23 heavy (non-hydrogen) atoms. The van der Waals surface area contributed by atoms with Crippen molar-refractivity contribution in [2.24, 2.45) is 5.41 Å². The molecule has 0 bridgehead atoms. The predicted molar refractivity (Wildman–Crippen MR) is 99.0 cm³/mol. The number of benzene rings is 2. The van der Waals surface area contributed by atoms with Gasteiger partial charge in [-0.3, -0.25) is 0 Å². The largest absolute Gasteiger partial charge is 0.371 e. The summed E-state index contributed by atoms with van der Waals surface area (Å²) in [4.78, 5) is 2.35. The highest BCUT2D eigenvalue weighted by Gasteiger charge is 2.38. The van der Waals surface area contributed by atoms with E-state index in [1.165, 1.54) is 16.8 Å². The summed E-state index contributed by atoms with van der Waals surface area (Å²) in [6.45, 7) is 8.01. The van der Waals surface area contributed by atoms with E-state index >= 15 is 0 Å². The van der Waals surface area contributed by atoms with Crippen molar-refractivity contribution in [2.75, 3.05) is 18.5 Å². The molecule has 0 saturated heterocycles. The van der Waals surface area contributed by atoms with Gasteiger partial charge in [0.25, 0.3) is 0 Å². The van der Waals surface area contributed by atoms with Crippen LogP contribution in [0.5, 0.6) is 0 Å². The van der Waals surface area contributed by atoms with E-state index in [2.05, 4.69) is 92.6 Å². The van der Waals surface area contributed by atoms with Crippen LogP contribution in [0.15, 0.2) is 54.6 Å². The van der Waals surface area contributed by atoms with Crippen LogP contribution in [0.25, 0.3) is 0 Å². The monoisotopic (exact) mass is 308 g/mol. The molecule has 0 fully saturated rings. The summed E-state index contributed by atoms with van der Waals surface area (Å²) < 4.78 is 0. The Morgan fingerprint density at radius 3 is 2.48 bits per heavy atom. The fourth-order valence-electron chi connectivity index (χ4n) is 3.72. The first-order valence-corrected chi connectivity index (χ1v) is 8.58. The minimum absolute atomic E-state index is 0.273. The Bertz CT molecular complexity index is 648. The third kappa shape index (κ3) is 3.28. The van der Waals surface area contributed by atoms with Gasteiger partial charge in [-0.15, -0.1) is 0 Å². The minimum atomic E-state index is 0.273. The van der Waals surface area contributed by atoms with Crippen molar-refractivity contribution >= 4 is 5.69 Å². The first kappa shape index (κ1) is 16.1. The second-order valence-corrected chi connectivity index (χ2v) is 7.50. The molecule has 0 radical (unpaired) electrons. The summed E-state index contributed by atoms with van der Waals surface area (Å²) in [5.41, 5.74) is 4.52. The second-order valence-electron chi connectivity index (χ2n) is 7.50. The highest BCUT2D eigenvalue weighted by molar-refractivity contribution is 5.46. The average molecular weight is 308 g/mol. The second kappa shape index (κ2) is 6.37. The molecule has 2 nitrogen and oxygen atoms in total. The molecular formula is C21H28N2. The van der Waals surface area contributed by atoms with Crippen molar-refractivity contribution in [3.63, 3.8) is 0 Å². The SMILES string of the molecule is CC(CNC1c2ccccc2CC1(C)C)N(C)c1ccccc1. The van der Waals surface area contributed by atoms with Crippen molar-refractivity contribution in [2.45, 2.75) is 39.3 Å². The van der Waals surface area contributed by atoms with Gasteiger partial charge < -0.3 is 10.2 Å². The molecule has 0 aromatic heterocycles. The molecule has 0 saturated carbocycles. The smallest absolute Gasteiger partial charge is 0.0383 e. The van der Waals surface area contributed by atoms with Crippen molar-refractivity contribution in [3.8, 4) is 0 Å². The molecule has 2 unspecified atom stereocenters. The summed E-state index contributed by atoms with van der Waals surface area (Å²) in [6.07, 6.45) is 1.16. The zero-order chi connectivity index (χ0) is 16.4. The van der Waals surface area contributed by atoms with Gasteiger partial charge in [-0.25, -0.2) is 0 Å². The predicted octanol–water partition coefficient (Wildman–Crippen LogP) is 4.42. The van der Waals surface area contributed by atoms with Gasteiger partial charge in [0.05, 0.1) is 0 Å². The summed E-state index contributed by atoms with van der Waals surface area (Å²) in [5.74, 6) is 0. The lowest BCUT2D eigenvalue weighted by molar-refractivity contribution is 0.266. The summed E-state index contributed by atoms with van der Waals surface area (Å²) in [6, 6.07) is 20.4. The van der Waals surface area contributed by atoms with Crippen molar-refractivity contribution in [1.29, 1.82) is 0 Å². The van der Waals surface area contributed by atoms with E-state index in [-0.39, 0.29) is 5.41 Å². The summed E-state index contributed by atoms with van der Waals surface area (Å²) in [7, 11) is 2.18. The number of para-hydroxylation sites is 1. The van der Waals surface area contributed by atoms with Gasteiger partial charge in [0.15, 0.2) is 0 Å².